The van der Waals surface area contributed by atoms with Crippen LogP contribution >= 0.6 is 15.9 Å². The second kappa shape index (κ2) is 8.63. The van der Waals surface area contributed by atoms with Gasteiger partial charge in [0.15, 0.2) is 17.4 Å². The minimum Gasteiger partial charge on any atom is -0.451 e. The Morgan fingerprint density at radius 3 is 2.29 bits per heavy atom. The highest BCUT2D eigenvalue weighted by atomic mass is 79.9. The van der Waals surface area contributed by atoms with Crippen LogP contribution in [0.5, 0.6) is 11.5 Å². The van der Waals surface area contributed by atoms with E-state index in [1.54, 1.807) is 0 Å². The quantitative estimate of drug-likeness (QED) is 0.453. The Morgan fingerprint density at radius 1 is 1.06 bits per heavy atom. The SMILES string of the molecule is O=C1C=C(Nc2cc(Br)cc(Oc3c(F)cc(C(F)(F)F)cc3F)c2)C(=O)N1CCO. The van der Waals surface area contributed by atoms with E-state index in [2.05, 4.69) is 21.2 Å². The highest BCUT2D eigenvalue weighted by Gasteiger charge is 2.33. The third-order valence-corrected chi connectivity index (χ3v) is 4.49. The Kier molecular flexibility index (Phi) is 6.32. The number of aliphatic hydroxyl groups excluding tert-OH is 1. The molecule has 2 aromatic rings. The smallest absolute Gasteiger partial charge is 0.416 e. The number of amides is 2. The zero-order valence-corrected chi connectivity index (χ0v) is 16.9. The molecule has 3 rings (SSSR count). The van der Waals surface area contributed by atoms with Crippen LogP contribution in [0.1, 0.15) is 5.56 Å². The number of carbonyl (C=O) groups excluding carboxylic acids is 2. The number of hydrogen-bond acceptors (Lipinski definition) is 5. The van der Waals surface area contributed by atoms with Crippen LogP contribution < -0.4 is 10.1 Å². The average Bonchev–Trinajstić information content (AvgIpc) is 2.91. The first kappa shape index (κ1) is 22.7. The lowest BCUT2D eigenvalue weighted by Gasteiger charge is -2.15. The standard InChI is InChI=1S/C19H12BrF5N2O4/c20-10-5-11(26-15-8-16(29)27(1-2-28)18(15)30)7-12(6-10)31-17-13(21)3-9(4-14(17)22)19(23,24)25/h3-8,26,28H,1-2H2. The van der Waals surface area contributed by atoms with E-state index in [-0.39, 0.29) is 35.8 Å². The lowest BCUT2D eigenvalue weighted by Crippen LogP contribution is -2.34. The van der Waals surface area contributed by atoms with Gasteiger partial charge in [0.1, 0.15) is 11.4 Å². The van der Waals surface area contributed by atoms with Crippen LogP contribution in [-0.2, 0) is 15.8 Å². The van der Waals surface area contributed by atoms with Crippen molar-refractivity contribution in [1.29, 1.82) is 0 Å². The summed E-state index contributed by atoms with van der Waals surface area (Å²) >= 11 is 3.14. The summed E-state index contributed by atoms with van der Waals surface area (Å²) in [6.07, 6.45) is -3.93. The van der Waals surface area contributed by atoms with E-state index < -0.39 is 47.5 Å². The molecule has 0 aromatic heterocycles. The molecular weight excluding hydrogens is 495 g/mol. The van der Waals surface area contributed by atoms with Crippen LogP contribution in [-0.4, -0.2) is 35.0 Å². The third-order valence-electron chi connectivity index (χ3n) is 4.03. The van der Waals surface area contributed by atoms with Gasteiger partial charge in [0.05, 0.1) is 18.7 Å². The molecule has 12 heteroatoms. The van der Waals surface area contributed by atoms with Gasteiger partial charge in [-0.25, -0.2) is 8.78 Å². The largest absolute Gasteiger partial charge is 0.451 e. The number of aliphatic hydroxyl groups is 1. The summed E-state index contributed by atoms with van der Waals surface area (Å²) in [4.78, 5) is 24.8. The number of halogens is 6. The first-order valence-electron chi connectivity index (χ1n) is 8.49. The molecule has 1 aliphatic rings. The number of ether oxygens (including phenoxy) is 1. The molecule has 2 amide bonds. The molecule has 31 heavy (non-hydrogen) atoms. The topological polar surface area (TPSA) is 78.9 Å². The molecule has 164 valence electrons. The van der Waals surface area contributed by atoms with Gasteiger partial charge in [0.2, 0.25) is 0 Å². The first-order valence-corrected chi connectivity index (χ1v) is 9.29. The fourth-order valence-electron chi connectivity index (χ4n) is 2.70. The Balaban J connectivity index is 1.85. The van der Waals surface area contributed by atoms with Gasteiger partial charge >= 0.3 is 6.18 Å². The number of nitrogens with zero attached hydrogens (tertiary/aromatic N) is 1. The normalized spacial score (nSPS) is 14.2. The molecule has 0 atom stereocenters. The van der Waals surface area contributed by atoms with Crippen LogP contribution in [0.2, 0.25) is 0 Å². The van der Waals surface area contributed by atoms with E-state index >= 15 is 0 Å². The summed E-state index contributed by atoms with van der Waals surface area (Å²) < 4.78 is 71.6. The summed E-state index contributed by atoms with van der Waals surface area (Å²) in [5.41, 5.74) is -1.44. The molecule has 2 aromatic carbocycles. The Morgan fingerprint density at radius 2 is 1.71 bits per heavy atom. The van der Waals surface area contributed by atoms with E-state index in [0.717, 1.165) is 11.0 Å². The van der Waals surface area contributed by atoms with Gasteiger partial charge in [0.25, 0.3) is 11.8 Å². The van der Waals surface area contributed by atoms with Crippen LogP contribution in [0.4, 0.5) is 27.6 Å². The van der Waals surface area contributed by atoms with Gasteiger partial charge in [-0.3, -0.25) is 14.5 Å². The van der Waals surface area contributed by atoms with E-state index in [9.17, 15) is 31.5 Å². The van der Waals surface area contributed by atoms with E-state index in [1.807, 2.05) is 0 Å². The van der Waals surface area contributed by atoms with Crippen LogP contribution in [0, 0.1) is 11.6 Å². The molecular formula is C19H12BrF5N2O4. The van der Waals surface area contributed by atoms with Crippen molar-refractivity contribution < 1.29 is 41.4 Å². The van der Waals surface area contributed by atoms with Gasteiger partial charge in [-0.1, -0.05) is 15.9 Å². The summed E-state index contributed by atoms with van der Waals surface area (Å²) in [6.45, 7) is -0.615. The van der Waals surface area contributed by atoms with Crippen molar-refractivity contribution in [2.45, 2.75) is 6.18 Å². The number of hydrogen-bond donors (Lipinski definition) is 2. The number of benzene rings is 2. The predicted molar refractivity (Wildman–Crippen MR) is 101 cm³/mol. The van der Waals surface area contributed by atoms with Gasteiger partial charge in [0, 0.05) is 22.3 Å². The van der Waals surface area contributed by atoms with Crippen molar-refractivity contribution in [3.63, 3.8) is 0 Å². The van der Waals surface area contributed by atoms with Crippen molar-refractivity contribution in [2.24, 2.45) is 0 Å². The lowest BCUT2D eigenvalue weighted by atomic mass is 10.2. The summed E-state index contributed by atoms with van der Waals surface area (Å²) in [5.74, 6) is -5.65. The molecule has 0 fully saturated rings. The maximum atomic E-state index is 14.1. The highest BCUT2D eigenvalue weighted by molar-refractivity contribution is 9.10. The number of rotatable bonds is 6. The van der Waals surface area contributed by atoms with Crippen molar-refractivity contribution in [2.75, 3.05) is 18.5 Å². The fraction of sp³-hybridized carbons (Fsp3) is 0.158. The molecule has 0 bridgehead atoms. The van der Waals surface area contributed by atoms with Crippen molar-refractivity contribution >= 4 is 33.4 Å². The van der Waals surface area contributed by atoms with Crippen LogP contribution in [0.3, 0.4) is 0 Å². The van der Waals surface area contributed by atoms with Gasteiger partial charge in [-0.15, -0.1) is 0 Å². The first-order chi connectivity index (χ1) is 14.5. The van der Waals surface area contributed by atoms with E-state index in [0.29, 0.717) is 4.47 Å². The van der Waals surface area contributed by atoms with Gasteiger partial charge in [-0.2, -0.15) is 13.2 Å². The van der Waals surface area contributed by atoms with Crippen molar-refractivity contribution in [3.05, 3.63) is 63.8 Å². The third kappa shape index (κ3) is 5.02. The molecule has 0 unspecified atom stereocenters. The number of alkyl halides is 3. The minimum absolute atomic E-state index is 0.110. The summed E-state index contributed by atoms with van der Waals surface area (Å²) in [7, 11) is 0. The van der Waals surface area contributed by atoms with E-state index in [1.165, 1.54) is 18.2 Å². The molecule has 1 aliphatic heterocycles. The van der Waals surface area contributed by atoms with Gasteiger partial charge < -0.3 is 15.2 Å². The molecule has 0 aliphatic carbocycles. The second-order valence-electron chi connectivity index (χ2n) is 6.25. The summed E-state index contributed by atoms with van der Waals surface area (Å²) in [5, 5.41) is 11.6. The van der Waals surface area contributed by atoms with Crippen molar-refractivity contribution in [3.8, 4) is 11.5 Å². The molecule has 0 spiro atoms. The van der Waals surface area contributed by atoms with Crippen molar-refractivity contribution in [1.82, 2.24) is 4.90 Å². The zero-order valence-electron chi connectivity index (χ0n) is 15.3. The maximum absolute atomic E-state index is 14.1. The van der Waals surface area contributed by atoms with Crippen LogP contribution in [0.15, 0.2) is 46.6 Å². The Labute approximate surface area is 180 Å². The maximum Gasteiger partial charge on any atom is 0.416 e. The monoisotopic (exact) mass is 506 g/mol. The molecule has 0 saturated heterocycles. The fourth-order valence-corrected chi connectivity index (χ4v) is 3.17. The number of anilines is 1. The minimum atomic E-state index is -4.93. The summed E-state index contributed by atoms with van der Waals surface area (Å²) in [6, 6.07) is 4.18. The second-order valence-corrected chi connectivity index (χ2v) is 7.16. The number of carbonyl (C=O) groups is 2. The Hall–Kier alpha value is -2.99. The molecule has 6 nitrogen and oxygen atoms in total. The van der Waals surface area contributed by atoms with E-state index in [4.69, 9.17) is 9.84 Å². The molecule has 1 heterocycles. The lowest BCUT2D eigenvalue weighted by molar-refractivity contribution is -0.138. The molecule has 0 saturated carbocycles. The Bertz CT molecular complexity index is 1060. The zero-order chi connectivity index (χ0) is 22.9. The number of β-amino-alcohol motifs (C(OH)–C–C–N with tert-alkyl or cyclic N) is 1. The number of imide groups is 1. The highest BCUT2D eigenvalue weighted by Crippen LogP contribution is 2.37. The molecule has 2 N–H and O–H groups in total. The van der Waals surface area contributed by atoms with Gasteiger partial charge in [-0.05, 0) is 24.3 Å². The van der Waals surface area contributed by atoms with Crippen LogP contribution in [0.25, 0.3) is 0 Å². The number of nitrogens with one attached hydrogen (secondary N) is 1. The average molecular weight is 507 g/mol. The predicted octanol–water partition coefficient (Wildman–Crippen LogP) is 4.20. The molecule has 0 radical (unpaired) electrons.